The Morgan fingerprint density at radius 3 is 1.81 bits per heavy atom. The Labute approximate surface area is 342 Å². The lowest BCUT2D eigenvalue weighted by Gasteiger charge is -2.38. The summed E-state index contributed by atoms with van der Waals surface area (Å²) < 4.78 is 17.4. The summed E-state index contributed by atoms with van der Waals surface area (Å²) in [4.78, 5) is 7.12. The second kappa shape index (κ2) is 14.5. The zero-order valence-electron chi connectivity index (χ0n) is 33.0. The van der Waals surface area contributed by atoms with Gasteiger partial charge >= 0.3 is 0 Å². The number of rotatable bonds is 8. The second-order valence-corrected chi connectivity index (χ2v) is 15.3. The van der Waals surface area contributed by atoms with Gasteiger partial charge in [-0.05, 0) is 120 Å². The lowest BCUT2D eigenvalue weighted by atomic mass is 9.65. The van der Waals surface area contributed by atoms with Crippen molar-refractivity contribution in [1.82, 2.24) is 19.6 Å². The van der Waals surface area contributed by atoms with E-state index in [2.05, 4.69) is 188 Å². The van der Waals surface area contributed by atoms with Crippen LogP contribution in [0.1, 0.15) is 38.9 Å². The fourth-order valence-electron chi connectivity index (χ4n) is 8.97. The van der Waals surface area contributed by atoms with E-state index in [9.17, 15) is 0 Å². The molecule has 0 bridgehead atoms. The molecule has 3 aromatic heterocycles. The Bertz CT molecular complexity index is 3080. The Morgan fingerprint density at radius 2 is 1.14 bits per heavy atom. The van der Waals surface area contributed by atoms with Gasteiger partial charge in [-0.1, -0.05) is 127 Å². The number of aryl methyl sites for hydroxylation is 3. The van der Waals surface area contributed by atoms with E-state index in [1.807, 2.05) is 18.3 Å². The summed E-state index contributed by atoms with van der Waals surface area (Å²) in [7, 11) is 0. The normalized spacial score (nSPS) is 11.7. The molecule has 0 fully saturated rings. The van der Waals surface area contributed by atoms with E-state index in [-0.39, 0.29) is 5.82 Å². The Hall–Kier alpha value is -7.44. The van der Waals surface area contributed by atoms with Gasteiger partial charge in [0.25, 0.3) is 0 Å². The summed E-state index contributed by atoms with van der Waals surface area (Å²) in [5, 5.41) is 12.4. The van der Waals surface area contributed by atoms with E-state index in [1.165, 1.54) is 6.07 Å². The lowest BCUT2D eigenvalue weighted by molar-refractivity contribution is 0.629. The summed E-state index contributed by atoms with van der Waals surface area (Å²) >= 11 is 0. The SMILES string of the molecule is Cc1ccc(N(c2ccccc2)c2cccc(C(c3ccccc3)(c3ccccc3)c3ccc4c5cc(F)ccc5n5c(-c6c(C)cccc6C)nnc5c4c3)c2)nc1. The summed E-state index contributed by atoms with van der Waals surface area (Å²) in [6.07, 6.45) is 1.91. The number of pyridine rings is 2. The molecular formula is C53H40FN5. The average Bonchev–Trinajstić information content (AvgIpc) is 3.71. The molecule has 59 heavy (non-hydrogen) atoms. The molecule has 284 valence electrons. The molecule has 10 rings (SSSR count). The molecule has 0 radical (unpaired) electrons. The highest BCUT2D eigenvalue weighted by atomic mass is 19.1. The highest BCUT2D eigenvalue weighted by Gasteiger charge is 2.39. The first-order valence-corrected chi connectivity index (χ1v) is 19.9. The van der Waals surface area contributed by atoms with Crippen LogP contribution in [0.15, 0.2) is 188 Å². The maximum absolute atomic E-state index is 15.3. The Balaban J connectivity index is 1.30. The first kappa shape index (κ1) is 35.9. The Morgan fingerprint density at radius 1 is 0.508 bits per heavy atom. The molecule has 0 N–H and O–H groups in total. The summed E-state index contributed by atoms with van der Waals surface area (Å²) in [5.74, 6) is 1.26. The van der Waals surface area contributed by atoms with Crippen molar-refractivity contribution in [3.05, 3.63) is 233 Å². The largest absolute Gasteiger partial charge is 0.295 e. The van der Waals surface area contributed by atoms with Crippen LogP contribution in [-0.4, -0.2) is 19.6 Å². The predicted molar refractivity (Wildman–Crippen MR) is 238 cm³/mol. The van der Waals surface area contributed by atoms with Gasteiger partial charge < -0.3 is 0 Å². The van der Waals surface area contributed by atoms with Crippen molar-refractivity contribution in [3.63, 3.8) is 0 Å². The van der Waals surface area contributed by atoms with Gasteiger partial charge in [0, 0.05) is 33.9 Å². The first-order chi connectivity index (χ1) is 28.9. The van der Waals surface area contributed by atoms with Crippen LogP contribution in [0, 0.1) is 26.6 Å². The minimum Gasteiger partial charge on any atom is -0.295 e. The van der Waals surface area contributed by atoms with Crippen LogP contribution >= 0.6 is 0 Å². The molecule has 7 aromatic carbocycles. The quantitative estimate of drug-likeness (QED) is 0.114. The standard InChI is InChI=1S/C53H40FN5/c1-35-25-30-49(55-34-35)58(43-22-11-6-12-23-43)44-24-14-21-40(31-44)53(38-17-7-4-8-18-38,39-19-9-5-10-20-39)41-26-28-45-46-33-42(54)27-29-48(46)59-51(47(45)32-41)56-57-52(59)50-36(2)15-13-16-37(50)3/h4-34H,1-3H3. The summed E-state index contributed by atoms with van der Waals surface area (Å²) in [6.45, 7) is 6.25. The van der Waals surface area contributed by atoms with Gasteiger partial charge in [0.2, 0.25) is 0 Å². The van der Waals surface area contributed by atoms with Crippen molar-refractivity contribution < 1.29 is 4.39 Å². The zero-order valence-corrected chi connectivity index (χ0v) is 33.0. The molecule has 0 aliphatic carbocycles. The molecule has 0 spiro atoms. The maximum Gasteiger partial charge on any atom is 0.169 e. The molecule has 0 atom stereocenters. The first-order valence-electron chi connectivity index (χ1n) is 19.9. The van der Waals surface area contributed by atoms with Crippen molar-refractivity contribution in [2.24, 2.45) is 0 Å². The smallest absolute Gasteiger partial charge is 0.169 e. The van der Waals surface area contributed by atoms with Gasteiger partial charge in [-0.3, -0.25) is 9.30 Å². The van der Waals surface area contributed by atoms with Crippen LogP contribution in [0.3, 0.4) is 0 Å². The van der Waals surface area contributed by atoms with Crippen molar-refractivity contribution in [2.45, 2.75) is 26.2 Å². The molecular weight excluding hydrogens is 726 g/mol. The van der Waals surface area contributed by atoms with Crippen molar-refractivity contribution in [1.29, 1.82) is 0 Å². The molecule has 0 amide bonds. The van der Waals surface area contributed by atoms with Crippen LogP contribution < -0.4 is 4.90 Å². The average molecular weight is 766 g/mol. The molecule has 6 heteroatoms. The van der Waals surface area contributed by atoms with Gasteiger partial charge in [0.05, 0.1) is 10.9 Å². The highest BCUT2D eigenvalue weighted by molar-refractivity contribution is 6.12. The molecule has 0 saturated carbocycles. The molecule has 0 saturated heterocycles. The number of aromatic nitrogens is 4. The van der Waals surface area contributed by atoms with E-state index >= 15 is 4.39 Å². The van der Waals surface area contributed by atoms with Gasteiger partial charge in [0.15, 0.2) is 11.5 Å². The van der Waals surface area contributed by atoms with Crippen LogP contribution in [0.25, 0.3) is 38.7 Å². The van der Waals surface area contributed by atoms with Crippen molar-refractivity contribution >= 4 is 44.5 Å². The monoisotopic (exact) mass is 765 g/mol. The van der Waals surface area contributed by atoms with Gasteiger partial charge in [-0.2, -0.15) is 0 Å². The van der Waals surface area contributed by atoms with Crippen molar-refractivity contribution in [3.8, 4) is 11.4 Å². The summed E-state index contributed by atoms with van der Waals surface area (Å²) in [5.41, 5.74) is 11.3. The van der Waals surface area contributed by atoms with E-state index in [0.717, 1.165) is 89.2 Å². The van der Waals surface area contributed by atoms with Crippen molar-refractivity contribution in [2.75, 3.05) is 4.90 Å². The third-order valence-electron chi connectivity index (χ3n) is 11.6. The summed E-state index contributed by atoms with van der Waals surface area (Å²) in [6, 6.07) is 62.6. The number of fused-ring (bicyclic) bond motifs is 6. The minimum absolute atomic E-state index is 0.297. The van der Waals surface area contributed by atoms with Gasteiger partial charge in [-0.15, -0.1) is 10.2 Å². The van der Waals surface area contributed by atoms with Crippen LogP contribution in [0.2, 0.25) is 0 Å². The van der Waals surface area contributed by atoms with E-state index in [0.29, 0.717) is 5.65 Å². The molecule has 10 aromatic rings. The molecule has 3 heterocycles. The van der Waals surface area contributed by atoms with Crippen LogP contribution in [0.5, 0.6) is 0 Å². The van der Waals surface area contributed by atoms with Gasteiger partial charge in [0.1, 0.15) is 11.6 Å². The molecule has 0 unspecified atom stereocenters. The van der Waals surface area contributed by atoms with Crippen LogP contribution in [0.4, 0.5) is 21.6 Å². The van der Waals surface area contributed by atoms with Crippen LogP contribution in [-0.2, 0) is 5.41 Å². The Kier molecular flexibility index (Phi) is 8.83. The van der Waals surface area contributed by atoms with E-state index in [4.69, 9.17) is 15.2 Å². The number of benzene rings is 7. The molecule has 0 aliphatic rings. The maximum atomic E-state index is 15.3. The number of hydrogen-bond donors (Lipinski definition) is 0. The number of halogens is 1. The number of para-hydroxylation sites is 1. The zero-order chi connectivity index (χ0) is 40.1. The molecule has 5 nitrogen and oxygen atoms in total. The number of nitrogens with zero attached hydrogens (tertiary/aromatic N) is 5. The highest BCUT2D eigenvalue weighted by Crippen LogP contribution is 2.48. The molecule has 0 aliphatic heterocycles. The minimum atomic E-state index is -0.806. The second-order valence-electron chi connectivity index (χ2n) is 15.3. The predicted octanol–water partition coefficient (Wildman–Crippen LogP) is 13.0. The fraction of sp³-hybridized carbons (Fsp3) is 0.0755. The fourth-order valence-corrected chi connectivity index (χ4v) is 8.97. The third-order valence-corrected chi connectivity index (χ3v) is 11.6. The number of hydrogen-bond acceptors (Lipinski definition) is 4. The topological polar surface area (TPSA) is 46.3 Å². The third kappa shape index (κ3) is 5.95. The lowest BCUT2D eigenvalue weighted by Crippen LogP contribution is -2.31. The van der Waals surface area contributed by atoms with Gasteiger partial charge in [-0.25, -0.2) is 9.37 Å². The number of anilines is 3. The van der Waals surface area contributed by atoms with E-state index in [1.54, 1.807) is 6.07 Å². The van der Waals surface area contributed by atoms with E-state index < -0.39 is 5.41 Å².